The molecule has 0 aromatic heterocycles. The molecule has 6 heteroatoms. The van der Waals surface area contributed by atoms with E-state index in [1.54, 1.807) is 6.92 Å². The van der Waals surface area contributed by atoms with Crippen LogP contribution in [0.3, 0.4) is 0 Å². The summed E-state index contributed by atoms with van der Waals surface area (Å²) in [4.78, 5) is 0. The number of sulfonamides is 1. The number of hydrogen-bond donors (Lipinski definition) is 2. The molecule has 0 bridgehead atoms. The molecule has 1 saturated carbocycles. The Morgan fingerprint density at radius 3 is 2.78 bits per heavy atom. The second-order valence-electron chi connectivity index (χ2n) is 4.65. The zero-order valence-electron chi connectivity index (χ0n) is 10.2. The van der Waals surface area contributed by atoms with Gasteiger partial charge in [-0.25, -0.2) is 12.8 Å². The van der Waals surface area contributed by atoms with Crippen molar-refractivity contribution >= 4 is 15.7 Å². The monoisotopic (exact) mass is 272 g/mol. The van der Waals surface area contributed by atoms with Crippen molar-refractivity contribution in [2.75, 3.05) is 11.3 Å². The Hall–Kier alpha value is -1.14. The van der Waals surface area contributed by atoms with E-state index in [0.29, 0.717) is 12.6 Å². The minimum absolute atomic E-state index is 0.258. The van der Waals surface area contributed by atoms with Crippen molar-refractivity contribution in [3.8, 4) is 0 Å². The van der Waals surface area contributed by atoms with Crippen LogP contribution in [-0.2, 0) is 10.0 Å². The van der Waals surface area contributed by atoms with Gasteiger partial charge >= 0.3 is 0 Å². The molecule has 100 valence electrons. The van der Waals surface area contributed by atoms with Gasteiger partial charge in [0.15, 0.2) is 0 Å². The first kappa shape index (κ1) is 13.3. The Labute approximate surface area is 107 Å². The molecule has 1 atom stereocenters. The highest BCUT2D eigenvalue weighted by atomic mass is 32.2. The molecule has 4 nitrogen and oxygen atoms in total. The average molecular weight is 272 g/mol. The predicted octanol–water partition coefficient (Wildman–Crippen LogP) is 1.71. The summed E-state index contributed by atoms with van der Waals surface area (Å²) in [5.41, 5.74) is 0.258. The summed E-state index contributed by atoms with van der Waals surface area (Å²) in [5.74, 6) is -0.459. The maximum Gasteiger partial charge on any atom is 0.236 e. The maximum absolute atomic E-state index is 13.0. The van der Waals surface area contributed by atoms with E-state index in [2.05, 4.69) is 10.0 Å². The normalized spacial score (nSPS) is 17.4. The minimum Gasteiger partial charge on any atom is -0.313 e. The van der Waals surface area contributed by atoms with Crippen LogP contribution in [0.25, 0.3) is 0 Å². The van der Waals surface area contributed by atoms with Crippen molar-refractivity contribution < 1.29 is 12.8 Å². The van der Waals surface area contributed by atoms with Crippen LogP contribution < -0.4 is 10.0 Å². The Morgan fingerprint density at radius 2 is 2.17 bits per heavy atom. The third kappa shape index (κ3) is 3.68. The molecule has 2 N–H and O–H groups in total. The van der Waals surface area contributed by atoms with E-state index in [-0.39, 0.29) is 5.69 Å². The third-order valence-electron chi connectivity index (χ3n) is 2.89. The van der Waals surface area contributed by atoms with Crippen molar-refractivity contribution in [3.63, 3.8) is 0 Å². The second kappa shape index (κ2) is 5.24. The van der Waals surface area contributed by atoms with Crippen molar-refractivity contribution in [2.45, 2.75) is 31.1 Å². The molecule has 0 spiro atoms. The van der Waals surface area contributed by atoms with Gasteiger partial charge in [0.1, 0.15) is 5.82 Å². The second-order valence-corrected chi connectivity index (χ2v) is 6.75. The van der Waals surface area contributed by atoms with Gasteiger partial charge in [0, 0.05) is 12.6 Å². The van der Waals surface area contributed by atoms with Crippen LogP contribution in [0.5, 0.6) is 0 Å². The fourth-order valence-corrected chi connectivity index (χ4v) is 2.52. The van der Waals surface area contributed by atoms with E-state index in [1.165, 1.54) is 24.3 Å². The highest BCUT2D eigenvalue weighted by Gasteiger charge is 2.25. The third-order valence-corrected chi connectivity index (χ3v) is 4.63. The fraction of sp³-hybridized carbons (Fsp3) is 0.500. The van der Waals surface area contributed by atoms with E-state index in [4.69, 9.17) is 0 Å². The molecule has 1 unspecified atom stereocenters. The predicted molar refractivity (Wildman–Crippen MR) is 69.4 cm³/mol. The Bertz CT molecular complexity index is 515. The van der Waals surface area contributed by atoms with Crippen LogP contribution in [0.1, 0.15) is 19.8 Å². The van der Waals surface area contributed by atoms with Crippen LogP contribution in [0.15, 0.2) is 24.3 Å². The summed E-state index contributed by atoms with van der Waals surface area (Å²) < 4.78 is 39.3. The summed E-state index contributed by atoms with van der Waals surface area (Å²) in [6.45, 7) is 2.05. The lowest BCUT2D eigenvalue weighted by Gasteiger charge is -2.15. The van der Waals surface area contributed by atoms with Gasteiger partial charge in [-0.3, -0.25) is 4.72 Å². The molecule has 0 saturated heterocycles. The van der Waals surface area contributed by atoms with Gasteiger partial charge in [0.05, 0.1) is 10.9 Å². The zero-order valence-corrected chi connectivity index (χ0v) is 11.0. The largest absolute Gasteiger partial charge is 0.313 e. The Kier molecular flexibility index (Phi) is 3.87. The SMILES string of the molecule is CC(CNC1CC1)S(=O)(=O)Nc1cccc(F)c1. The summed E-state index contributed by atoms with van der Waals surface area (Å²) in [5, 5.41) is 2.61. The molecule has 1 aliphatic rings. The van der Waals surface area contributed by atoms with Gasteiger partial charge in [-0.1, -0.05) is 6.07 Å². The standard InChI is InChI=1S/C12H17FN2O2S/c1-9(8-14-11-5-6-11)18(16,17)15-12-4-2-3-10(13)7-12/h2-4,7,9,11,14-15H,5-6,8H2,1H3. The van der Waals surface area contributed by atoms with Crippen LogP contribution in [0.4, 0.5) is 10.1 Å². The molecule has 18 heavy (non-hydrogen) atoms. The molecule has 1 aliphatic carbocycles. The molecule has 1 aromatic rings. The molecular weight excluding hydrogens is 255 g/mol. The topological polar surface area (TPSA) is 58.2 Å². The molecule has 1 aromatic carbocycles. The number of anilines is 1. The van der Waals surface area contributed by atoms with E-state index in [9.17, 15) is 12.8 Å². The van der Waals surface area contributed by atoms with Gasteiger partial charge in [-0.05, 0) is 38.0 Å². The average Bonchev–Trinajstić information content (AvgIpc) is 3.08. The van der Waals surface area contributed by atoms with Gasteiger partial charge < -0.3 is 5.32 Å². The lowest BCUT2D eigenvalue weighted by molar-refractivity contribution is 0.576. The van der Waals surface area contributed by atoms with Crippen molar-refractivity contribution in [1.29, 1.82) is 0 Å². The summed E-state index contributed by atoms with van der Waals surface area (Å²) in [6.07, 6.45) is 2.23. The van der Waals surface area contributed by atoms with E-state index in [1.807, 2.05) is 0 Å². The first-order chi connectivity index (χ1) is 8.47. The molecule has 2 rings (SSSR count). The molecule has 1 fully saturated rings. The molecule has 0 aliphatic heterocycles. The minimum atomic E-state index is -3.48. The van der Waals surface area contributed by atoms with Crippen LogP contribution in [0, 0.1) is 5.82 Å². The smallest absolute Gasteiger partial charge is 0.236 e. The highest BCUT2D eigenvalue weighted by molar-refractivity contribution is 7.93. The van der Waals surface area contributed by atoms with E-state index < -0.39 is 21.1 Å². The van der Waals surface area contributed by atoms with Crippen molar-refractivity contribution in [3.05, 3.63) is 30.1 Å². The lowest BCUT2D eigenvalue weighted by Crippen LogP contribution is -2.35. The Balaban J connectivity index is 1.96. The van der Waals surface area contributed by atoms with E-state index in [0.717, 1.165) is 12.8 Å². The highest BCUT2D eigenvalue weighted by Crippen LogP contribution is 2.19. The number of rotatable bonds is 6. The van der Waals surface area contributed by atoms with Gasteiger partial charge in [-0.2, -0.15) is 0 Å². The zero-order chi connectivity index (χ0) is 13.2. The van der Waals surface area contributed by atoms with Crippen molar-refractivity contribution in [2.24, 2.45) is 0 Å². The van der Waals surface area contributed by atoms with Crippen LogP contribution in [0.2, 0.25) is 0 Å². The van der Waals surface area contributed by atoms with Gasteiger partial charge in [0.2, 0.25) is 10.0 Å². The molecular formula is C12H17FN2O2S. The first-order valence-corrected chi connectivity index (χ1v) is 7.52. The summed E-state index contributed by atoms with van der Waals surface area (Å²) in [7, 11) is -3.48. The first-order valence-electron chi connectivity index (χ1n) is 5.98. The van der Waals surface area contributed by atoms with Gasteiger partial charge in [0.25, 0.3) is 0 Å². The summed E-state index contributed by atoms with van der Waals surface area (Å²) >= 11 is 0. The molecule has 0 heterocycles. The van der Waals surface area contributed by atoms with Crippen LogP contribution >= 0.6 is 0 Å². The van der Waals surface area contributed by atoms with E-state index >= 15 is 0 Å². The van der Waals surface area contributed by atoms with Crippen LogP contribution in [-0.4, -0.2) is 26.3 Å². The number of hydrogen-bond acceptors (Lipinski definition) is 3. The van der Waals surface area contributed by atoms with Gasteiger partial charge in [-0.15, -0.1) is 0 Å². The molecule has 0 radical (unpaired) electrons. The fourth-order valence-electron chi connectivity index (χ4n) is 1.55. The summed E-state index contributed by atoms with van der Waals surface area (Å²) in [6, 6.07) is 5.91. The van der Waals surface area contributed by atoms with Crippen molar-refractivity contribution in [1.82, 2.24) is 5.32 Å². The Morgan fingerprint density at radius 1 is 1.44 bits per heavy atom. The quantitative estimate of drug-likeness (QED) is 0.829. The number of benzene rings is 1. The number of halogens is 1. The lowest BCUT2D eigenvalue weighted by atomic mass is 10.3. The maximum atomic E-state index is 13.0. The number of nitrogens with one attached hydrogen (secondary N) is 2. The molecule has 0 amide bonds.